The topological polar surface area (TPSA) is 233 Å². The quantitative estimate of drug-likeness (QED) is 0.142. The number of nitrogens with one attached hydrogen (secondary N) is 2. The van der Waals surface area contributed by atoms with Crippen molar-refractivity contribution < 1.29 is 51.7 Å². The van der Waals surface area contributed by atoms with Crippen molar-refractivity contribution in [2.24, 2.45) is 11.7 Å². The molecule has 1 saturated heterocycles. The van der Waals surface area contributed by atoms with Crippen molar-refractivity contribution in [1.82, 2.24) is 15.5 Å². The Labute approximate surface area is 232 Å². The third kappa shape index (κ3) is 8.16. The smallest absolute Gasteiger partial charge is 0.376 e. The van der Waals surface area contributed by atoms with Gasteiger partial charge in [-0.05, 0) is 38.7 Å². The van der Waals surface area contributed by atoms with E-state index in [1.54, 1.807) is 6.20 Å². The van der Waals surface area contributed by atoms with Gasteiger partial charge in [-0.15, -0.1) is 11.8 Å². The van der Waals surface area contributed by atoms with E-state index in [-0.39, 0.29) is 30.4 Å². The van der Waals surface area contributed by atoms with Crippen molar-refractivity contribution in [2.45, 2.75) is 86.7 Å². The zero-order valence-corrected chi connectivity index (χ0v) is 25.7. The van der Waals surface area contributed by atoms with Crippen LogP contribution < -0.4 is 16.4 Å². The number of aliphatic hydroxyl groups is 1. The van der Waals surface area contributed by atoms with Gasteiger partial charge in [-0.25, -0.2) is 9.13 Å². The lowest BCUT2D eigenvalue weighted by Gasteiger charge is -2.46. The molecule has 0 spiro atoms. The molecule has 228 valence electrons. The first-order valence-corrected chi connectivity index (χ1v) is 18.3. The van der Waals surface area contributed by atoms with Crippen LogP contribution in [0.1, 0.15) is 52.4 Å². The SMILES string of the molecule is COP(=O)(O)[C@@](O)(C1CCCCC1)C1SC(CCOP(=O)(O)OP(=O)(O)O)C(C)N1CC1=CNC(C)NC1N. The highest BCUT2D eigenvalue weighted by molar-refractivity contribution is 8.01. The van der Waals surface area contributed by atoms with Crippen LogP contribution in [0, 0.1) is 5.92 Å². The van der Waals surface area contributed by atoms with Crippen LogP contribution in [0.4, 0.5) is 0 Å². The lowest BCUT2D eigenvalue weighted by Crippen LogP contribution is -2.58. The third-order valence-corrected chi connectivity index (χ3v) is 13.8. The van der Waals surface area contributed by atoms with Gasteiger partial charge in [0.2, 0.25) is 0 Å². The summed E-state index contributed by atoms with van der Waals surface area (Å²) < 4.78 is 50.1. The summed E-state index contributed by atoms with van der Waals surface area (Å²) in [6, 6.07) is -0.344. The van der Waals surface area contributed by atoms with Gasteiger partial charge in [0.05, 0.1) is 24.3 Å². The van der Waals surface area contributed by atoms with Gasteiger partial charge in [-0.2, -0.15) is 4.31 Å². The van der Waals surface area contributed by atoms with E-state index in [9.17, 15) is 28.6 Å². The number of rotatable bonds is 12. The Morgan fingerprint density at radius 2 is 1.79 bits per heavy atom. The molecule has 2 fully saturated rings. The van der Waals surface area contributed by atoms with E-state index in [2.05, 4.69) is 14.9 Å². The summed E-state index contributed by atoms with van der Waals surface area (Å²) in [7, 11) is -13.8. The van der Waals surface area contributed by atoms with Crippen LogP contribution in [0.2, 0.25) is 0 Å². The summed E-state index contributed by atoms with van der Waals surface area (Å²) in [4.78, 5) is 40.2. The van der Waals surface area contributed by atoms with E-state index in [0.29, 0.717) is 12.8 Å². The predicted octanol–water partition coefficient (Wildman–Crippen LogP) is 1.54. The average Bonchev–Trinajstić information content (AvgIpc) is 3.14. The second-order valence-electron chi connectivity index (χ2n) is 10.2. The van der Waals surface area contributed by atoms with Gasteiger partial charge in [0.1, 0.15) is 0 Å². The maximum atomic E-state index is 13.5. The molecular weight excluding hydrogens is 597 g/mol. The molecule has 19 heteroatoms. The monoisotopic (exact) mass is 638 g/mol. The van der Waals surface area contributed by atoms with E-state index < -0.39 is 52.6 Å². The lowest BCUT2D eigenvalue weighted by molar-refractivity contribution is -0.0269. The van der Waals surface area contributed by atoms with Crippen LogP contribution in [-0.4, -0.2) is 84.2 Å². The molecule has 0 aromatic heterocycles. The molecule has 0 aromatic carbocycles. The average molecular weight is 639 g/mol. The molecule has 15 nitrogen and oxygen atoms in total. The third-order valence-electron chi connectivity index (χ3n) is 7.51. The number of hydrogen-bond acceptors (Lipinski definition) is 12. The van der Waals surface area contributed by atoms with Crippen LogP contribution in [0.15, 0.2) is 11.8 Å². The van der Waals surface area contributed by atoms with Gasteiger partial charge in [0.25, 0.3) is 0 Å². The first kappa shape index (κ1) is 33.6. The molecule has 0 radical (unpaired) electrons. The highest BCUT2D eigenvalue weighted by Crippen LogP contribution is 2.65. The molecule has 39 heavy (non-hydrogen) atoms. The van der Waals surface area contributed by atoms with Crippen molar-refractivity contribution in [3.05, 3.63) is 11.8 Å². The van der Waals surface area contributed by atoms with Gasteiger partial charge >= 0.3 is 23.2 Å². The molecule has 0 bridgehead atoms. The molecule has 0 amide bonds. The number of thioether (sulfide) groups is 1. The van der Waals surface area contributed by atoms with Crippen molar-refractivity contribution in [3.8, 4) is 0 Å². The summed E-state index contributed by atoms with van der Waals surface area (Å²) in [6.07, 6.45) is 4.98. The van der Waals surface area contributed by atoms with Gasteiger partial charge < -0.3 is 40.3 Å². The van der Waals surface area contributed by atoms with E-state index in [0.717, 1.165) is 31.9 Å². The minimum atomic E-state index is -5.26. The maximum Gasteiger partial charge on any atom is 0.481 e. The zero-order chi connectivity index (χ0) is 29.2. The Balaban J connectivity index is 1.90. The summed E-state index contributed by atoms with van der Waals surface area (Å²) in [5.74, 6) is -0.510. The van der Waals surface area contributed by atoms with Crippen molar-refractivity contribution in [3.63, 3.8) is 0 Å². The number of phosphoric ester groups is 1. The highest BCUT2D eigenvalue weighted by atomic mass is 32.2. The van der Waals surface area contributed by atoms with E-state index in [1.165, 1.54) is 11.8 Å². The number of nitrogens with two attached hydrogens (primary N) is 1. The van der Waals surface area contributed by atoms with Crippen LogP contribution in [0.3, 0.4) is 0 Å². The Morgan fingerprint density at radius 3 is 2.36 bits per heavy atom. The van der Waals surface area contributed by atoms with Crippen molar-refractivity contribution >= 4 is 35.0 Å². The van der Waals surface area contributed by atoms with Crippen LogP contribution >= 0.6 is 35.0 Å². The second-order valence-corrected chi connectivity index (χ2v) is 16.5. The normalized spacial score (nSPS) is 34.0. The fraction of sp³-hybridized carbons (Fsp3) is 0.900. The summed E-state index contributed by atoms with van der Waals surface area (Å²) in [6.45, 7) is 3.60. The van der Waals surface area contributed by atoms with Gasteiger partial charge in [-0.1, -0.05) is 19.3 Å². The highest BCUT2D eigenvalue weighted by Gasteiger charge is 2.63. The molecule has 3 rings (SSSR count). The predicted molar refractivity (Wildman–Crippen MR) is 145 cm³/mol. The number of phosphoric acid groups is 2. The molecule has 0 aromatic rings. The molecular formula is C20H41N4O11P3S. The zero-order valence-electron chi connectivity index (χ0n) is 22.2. The summed E-state index contributed by atoms with van der Waals surface area (Å²) in [5, 5.41) is 15.1. The Hall–Kier alpha value is 0.140. The molecule has 3 aliphatic rings. The van der Waals surface area contributed by atoms with Crippen LogP contribution in [-0.2, 0) is 27.1 Å². The number of nitrogens with zero attached hydrogens (tertiary/aromatic N) is 1. The Bertz CT molecular complexity index is 1030. The molecule has 2 heterocycles. The maximum absolute atomic E-state index is 13.5. The minimum absolute atomic E-state index is 0.0651. The van der Waals surface area contributed by atoms with Crippen LogP contribution in [0.5, 0.6) is 0 Å². The molecule has 7 unspecified atom stereocenters. The van der Waals surface area contributed by atoms with Gasteiger partial charge in [-0.3, -0.25) is 19.3 Å². The molecule has 2 aliphatic heterocycles. The van der Waals surface area contributed by atoms with E-state index in [4.69, 9.17) is 24.6 Å². The van der Waals surface area contributed by atoms with Crippen molar-refractivity contribution in [2.75, 3.05) is 20.3 Å². The first-order chi connectivity index (χ1) is 18.0. The molecule has 9 N–H and O–H groups in total. The Kier molecular flexibility index (Phi) is 11.4. The molecule has 1 aliphatic carbocycles. The molecule has 8 atom stereocenters. The molecule has 1 saturated carbocycles. The lowest BCUT2D eigenvalue weighted by atomic mass is 9.84. The van der Waals surface area contributed by atoms with E-state index in [1.807, 2.05) is 18.7 Å². The van der Waals surface area contributed by atoms with Crippen molar-refractivity contribution in [1.29, 1.82) is 0 Å². The fourth-order valence-electron chi connectivity index (χ4n) is 5.45. The largest absolute Gasteiger partial charge is 0.481 e. The second kappa shape index (κ2) is 13.2. The van der Waals surface area contributed by atoms with E-state index >= 15 is 0 Å². The minimum Gasteiger partial charge on any atom is -0.376 e. The summed E-state index contributed by atoms with van der Waals surface area (Å²) >= 11 is 1.23. The number of hydrogen-bond donors (Lipinski definition) is 8. The van der Waals surface area contributed by atoms with Crippen LogP contribution in [0.25, 0.3) is 0 Å². The van der Waals surface area contributed by atoms with Gasteiger partial charge in [0.15, 0.2) is 5.34 Å². The fourth-order valence-corrected chi connectivity index (χ4v) is 10.8. The standard InChI is InChI=1S/C20H41N4O11P3S/c1-13-17(9-10-34-38(31,32)35-37(28,29)30)39-19(24(13)12-15-11-22-14(2)23-18(15)21)20(25,36(26,27)33-3)16-7-5-4-6-8-16/h11,13-14,16-19,22-23,25H,4-10,12,21H2,1-3H3,(H,26,27)(H,31,32)(H2,28,29,30)/t13?,14?,17?,18?,19?,20-/m0/s1. The summed E-state index contributed by atoms with van der Waals surface area (Å²) in [5.41, 5.74) is 7.07. The Morgan fingerprint density at radius 1 is 1.15 bits per heavy atom. The first-order valence-electron chi connectivity index (χ1n) is 12.7. The van der Waals surface area contributed by atoms with Gasteiger partial charge in [0, 0.05) is 37.1 Å².